The summed E-state index contributed by atoms with van der Waals surface area (Å²) in [4.78, 5) is 2.49. The molecule has 0 saturated carbocycles. The largest absolute Gasteiger partial charge is 0.508 e. The molecule has 1 heterocycles. The van der Waals surface area contributed by atoms with Crippen LogP contribution in [0.15, 0.2) is 18.2 Å². The van der Waals surface area contributed by atoms with Crippen LogP contribution in [0.2, 0.25) is 0 Å². The number of benzene rings is 1. The first-order valence-electron chi connectivity index (χ1n) is 6.98. The molecule has 2 rings (SSSR count). The molecule has 0 bridgehead atoms. The van der Waals surface area contributed by atoms with E-state index in [0.717, 1.165) is 24.7 Å². The monoisotopic (exact) mass is 266 g/mol. The summed E-state index contributed by atoms with van der Waals surface area (Å²) in [5.74, 6) is 0.275. The van der Waals surface area contributed by atoms with Gasteiger partial charge in [-0.25, -0.2) is 4.39 Å². The second-order valence-electron chi connectivity index (χ2n) is 5.69. The van der Waals surface area contributed by atoms with E-state index < -0.39 is 0 Å². The predicted octanol–water partition coefficient (Wildman–Crippen LogP) is 2.35. The van der Waals surface area contributed by atoms with Crippen LogP contribution in [0.4, 0.5) is 4.39 Å². The minimum atomic E-state index is -0.386. The number of nitrogens with zero attached hydrogens (tertiary/aromatic N) is 1. The van der Waals surface area contributed by atoms with Crippen LogP contribution >= 0.6 is 0 Å². The maximum atomic E-state index is 13.1. The number of hydrogen-bond acceptors (Lipinski definition) is 3. The Morgan fingerprint density at radius 1 is 1.42 bits per heavy atom. The van der Waals surface area contributed by atoms with Gasteiger partial charge >= 0.3 is 0 Å². The highest BCUT2D eigenvalue weighted by Crippen LogP contribution is 2.18. The topological polar surface area (TPSA) is 35.5 Å². The van der Waals surface area contributed by atoms with Crippen LogP contribution in [0.3, 0.4) is 0 Å². The quantitative estimate of drug-likeness (QED) is 0.859. The molecule has 19 heavy (non-hydrogen) atoms. The van der Waals surface area contributed by atoms with E-state index in [1.54, 1.807) is 6.07 Å². The van der Waals surface area contributed by atoms with E-state index in [-0.39, 0.29) is 11.6 Å². The van der Waals surface area contributed by atoms with E-state index >= 15 is 0 Å². The predicted molar refractivity (Wildman–Crippen MR) is 74.6 cm³/mol. The Labute approximate surface area is 114 Å². The second kappa shape index (κ2) is 6.35. The van der Waals surface area contributed by atoms with E-state index in [4.69, 9.17) is 0 Å². The average Bonchev–Trinajstić information content (AvgIpc) is 2.76. The lowest BCUT2D eigenvalue weighted by atomic mass is 10.1. The Bertz CT molecular complexity index is 402. The van der Waals surface area contributed by atoms with Crippen molar-refractivity contribution in [3.63, 3.8) is 0 Å². The number of halogens is 1. The first-order chi connectivity index (χ1) is 9.04. The average molecular weight is 266 g/mol. The van der Waals surface area contributed by atoms with Crippen LogP contribution in [0.25, 0.3) is 0 Å². The summed E-state index contributed by atoms with van der Waals surface area (Å²) in [6.45, 7) is 8.31. The van der Waals surface area contributed by atoms with Crippen LogP contribution in [-0.2, 0) is 6.54 Å². The molecule has 1 aliphatic rings. The van der Waals surface area contributed by atoms with Crippen molar-refractivity contribution in [2.75, 3.05) is 19.6 Å². The summed E-state index contributed by atoms with van der Waals surface area (Å²) >= 11 is 0. The molecule has 0 aromatic heterocycles. The fourth-order valence-corrected chi connectivity index (χ4v) is 2.65. The Morgan fingerprint density at radius 2 is 2.21 bits per heavy atom. The van der Waals surface area contributed by atoms with Gasteiger partial charge in [0.05, 0.1) is 0 Å². The van der Waals surface area contributed by atoms with Crippen molar-refractivity contribution in [3.05, 3.63) is 29.6 Å². The Morgan fingerprint density at radius 3 is 2.84 bits per heavy atom. The van der Waals surface area contributed by atoms with Crippen LogP contribution in [0, 0.1) is 11.7 Å². The maximum Gasteiger partial charge on any atom is 0.127 e. The van der Waals surface area contributed by atoms with Gasteiger partial charge in [-0.3, -0.25) is 0 Å². The third-order valence-electron chi connectivity index (χ3n) is 3.75. The molecule has 1 aromatic rings. The lowest BCUT2D eigenvalue weighted by molar-refractivity contribution is 0.264. The van der Waals surface area contributed by atoms with E-state index in [1.165, 1.54) is 19.0 Å². The fourth-order valence-electron chi connectivity index (χ4n) is 2.65. The van der Waals surface area contributed by atoms with Gasteiger partial charge in [-0.1, -0.05) is 0 Å². The molecule has 106 valence electrons. The van der Waals surface area contributed by atoms with E-state index in [2.05, 4.69) is 24.1 Å². The number of hydrogen-bond donors (Lipinski definition) is 2. The normalized spacial score (nSPS) is 20.3. The van der Waals surface area contributed by atoms with Crippen molar-refractivity contribution < 1.29 is 9.50 Å². The third-order valence-corrected chi connectivity index (χ3v) is 3.75. The van der Waals surface area contributed by atoms with Crippen LogP contribution in [0.1, 0.15) is 25.8 Å². The van der Waals surface area contributed by atoms with Gasteiger partial charge in [-0.2, -0.15) is 0 Å². The zero-order chi connectivity index (χ0) is 13.8. The molecule has 1 fully saturated rings. The summed E-state index contributed by atoms with van der Waals surface area (Å²) in [5.41, 5.74) is 0.788. The lowest BCUT2D eigenvalue weighted by Crippen LogP contribution is -2.30. The molecule has 1 aliphatic heterocycles. The van der Waals surface area contributed by atoms with Crippen molar-refractivity contribution >= 4 is 0 Å². The number of phenolic OH excluding ortho intramolecular Hbond substituents is 1. The second-order valence-corrected chi connectivity index (χ2v) is 5.69. The first-order valence-corrected chi connectivity index (χ1v) is 6.98. The molecule has 3 nitrogen and oxygen atoms in total. The number of nitrogens with one attached hydrogen (secondary N) is 1. The summed E-state index contributed by atoms with van der Waals surface area (Å²) in [7, 11) is 0. The number of rotatable bonds is 5. The van der Waals surface area contributed by atoms with Gasteiger partial charge in [-0.05, 0) is 57.0 Å². The molecule has 1 aromatic carbocycles. The summed E-state index contributed by atoms with van der Waals surface area (Å²) in [6.07, 6.45) is 1.22. The highest BCUT2D eigenvalue weighted by Gasteiger charge is 2.23. The fraction of sp³-hybridized carbons (Fsp3) is 0.600. The molecule has 2 N–H and O–H groups in total. The highest BCUT2D eigenvalue weighted by atomic mass is 19.1. The lowest BCUT2D eigenvalue weighted by Gasteiger charge is -2.20. The zero-order valence-electron chi connectivity index (χ0n) is 11.7. The van der Waals surface area contributed by atoms with Crippen LogP contribution < -0.4 is 5.32 Å². The van der Waals surface area contributed by atoms with Gasteiger partial charge in [-0.15, -0.1) is 0 Å². The molecule has 1 atom stereocenters. The van der Waals surface area contributed by atoms with Gasteiger partial charge < -0.3 is 15.3 Å². The molecular formula is C15H23FN2O. The minimum absolute atomic E-state index is 0.0105. The SMILES string of the molecule is CC(C)N1CCC(CNCc2cc(O)cc(F)c2)C1. The van der Waals surface area contributed by atoms with Crippen molar-refractivity contribution in [2.45, 2.75) is 32.9 Å². The molecule has 1 unspecified atom stereocenters. The number of phenols is 1. The number of likely N-dealkylation sites (tertiary alicyclic amines) is 1. The van der Waals surface area contributed by atoms with E-state index in [1.807, 2.05) is 0 Å². The molecule has 0 amide bonds. The maximum absolute atomic E-state index is 13.1. The Kier molecular flexibility index (Phi) is 4.77. The minimum Gasteiger partial charge on any atom is -0.508 e. The molecule has 0 radical (unpaired) electrons. The molecule has 1 saturated heterocycles. The summed E-state index contributed by atoms with van der Waals surface area (Å²) in [5, 5.41) is 12.7. The first kappa shape index (κ1) is 14.3. The van der Waals surface area contributed by atoms with Crippen LogP contribution in [0.5, 0.6) is 5.75 Å². The molecule has 0 aliphatic carbocycles. The van der Waals surface area contributed by atoms with Gasteiger partial charge in [0.15, 0.2) is 0 Å². The zero-order valence-corrected chi connectivity index (χ0v) is 11.7. The van der Waals surface area contributed by atoms with Crippen LogP contribution in [-0.4, -0.2) is 35.7 Å². The summed E-state index contributed by atoms with van der Waals surface area (Å²) in [6, 6.07) is 4.80. The smallest absolute Gasteiger partial charge is 0.127 e. The van der Waals surface area contributed by atoms with Gasteiger partial charge in [0.1, 0.15) is 11.6 Å². The standard InChI is InChI=1S/C15H23FN2O/c1-11(2)18-4-3-12(10-18)8-17-9-13-5-14(16)7-15(19)6-13/h5-7,11-12,17,19H,3-4,8-10H2,1-2H3. The van der Waals surface area contributed by atoms with Crippen molar-refractivity contribution in [3.8, 4) is 5.75 Å². The molecule has 0 spiro atoms. The molecular weight excluding hydrogens is 243 g/mol. The van der Waals surface area contributed by atoms with Crippen molar-refractivity contribution in [1.82, 2.24) is 10.2 Å². The van der Waals surface area contributed by atoms with Gasteiger partial charge in [0.25, 0.3) is 0 Å². The van der Waals surface area contributed by atoms with Crippen molar-refractivity contribution in [1.29, 1.82) is 0 Å². The number of aromatic hydroxyl groups is 1. The Balaban J connectivity index is 1.75. The third kappa shape index (κ3) is 4.18. The summed E-state index contributed by atoms with van der Waals surface area (Å²) < 4.78 is 13.1. The highest BCUT2D eigenvalue weighted by molar-refractivity contribution is 5.28. The molecule has 4 heteroatoms. The van der Waals surface area contributed by atoms with E-state index in [9.17, 15) is 9.50 Å². The van der Waals surface area contributed by atoms with Crippen molar-refractivity contribution in [2.24, 2.45) is 5.92 Å². The Hall–Kier alpha value is -1.13. The van der Waals surface area contributed by atoms with Gasteiger partial charge in [0, 0.05) is 25.2 Å². The van der Waals surface area contributed by atoms with Gasteiger partial charge in [0.2, 0.25) is 0 Å². The van der Waals surface area contributed by atoms with E-state index in [0.29, 0.717) is 18.5 Å².